The van der Waals surface area contributed by atoms with Gasteiger partial charge >= 0.3 is 0 Å². The SMILES string of the molecule is CC(C)n1nccc1NC(=O)CN1CCC(N)CC1. The fraction of sp³-hybridized carbons (Fsp3) is 0.692. The molecule has 0 radical (unpaired) electrons. The quantitative estimate of drug-likeness (QED) is 0.845. The fourth-order valence-corrected chi connectivity index (χ4v) is 2.32. The number of carbonyl (C=O) groups is 1. The summed E-state index contributed by atoms with van der Waals surface area (Å²) in [6, 6.07) is 2.35. The van der Waals surface area contributed by atoms with Gasteiger partial charge in [-0.1, -0.05) is 0 Å². The van der Waals surface area contributed by atoms with E-state index in [1.807, 2.05) is 24.6 Å². The third-order valence-electron chi connectivity index (χ3n) is 3.43. The third-order valence-corrected chi connectivity index (χ3v) is 3.43. The van der Waals surface area contributed by atoms with Crippen LogP contribution in [0.3, 0.4) is 0 Å². The van der Waals surface area contributed by atoms with Crippen LogP contribution in [0.5, 0.6) is 0 Å². The van der Waals surface area contributed by atoms with Crippen LogP contribution in [0, 0.1) is 0 Å². The minimum Gasteiger partial charge on any atom is -0.328 e. The topological polar surface area (TPSA) is 76.2 Å². The molecule has 1 aliphatic rings. The number of hydrogen-bond donors (Lipinski definition) is 2. The first-order valence-corrected chi connectivity index (χ1v) is 6.87. The maximum atomic E-state index is 12.0. The lowest BCUT2D eigenvalue weighted by molar-refractivity contribution is -0.117. The summed E-state index contributed by atoms with van der Waals surface area (Å²) in [5.74, 6) is 0.770. The number of rotatable bonds is 4. The Kier molecular flexibility index (Phi) is 4.55. The number of hydrogen-bond acceptors (Lipinski definition) is 4. The molecule has 0 saturated carbocycles. The van der Waals surface area contributed by atoms with Gasteiger partial charge in [-0.15, -0.1) is 0 Å². The van der Waals surface area contributed by atoms with Crippen LogP contribution in [-0.2, 0) is 4.79 Å². The van der Waals surface area contributed by atoms with Crippen LogP contribution in [-0.4, -0.2) is 46.3 Å². The average molecular weight is 265 g/mol. The summed E-state index contributed by atoms with van der Waals surface area (Å²) >= 11 is 0. The Hall–Kier alpha value is -1.40. The van der Waals surface area contributed by atoms with Crippen LogP contribution in [0.25, 0.3) is 0 Å². The van der Waals surface area contributed by atoms with E-state index in [1.165, 1.54) is 0 Å². The predicted octanol–water partition coefficient (Wildman–Crippen LogP) is 0.826. The molecule has 2 rings (SSSR count). The zero-order valence-corrected chi connectivity index (χ0v) is 11.7. The summed E-state index contributed by atoms with van der Waals surface area (Å²) < 4.78 is 1.81. The van der Waals surface area contributed by atoms with Crippen LogP contribution in [0.4, 0.5) is 5.82 Å². The number of nitrogens with two attached hydrogens (primary N) is 1. The molecule has 6 heteroatoms. The summed E-state index contributed by atoms with van der Waals surface area (Å²) in [6.07, 6.45) is 3.64. The largest absolute Gasteiger partial charge is 0.328 e. The molecule has 106 valence electrons. The average Bonchev–Trinajstić information content (AvgIpc) is 2.80. The number of carbonyl (C=O) groups excluding carboxylic acids is 1. The first-order chi connectivity index (χ1) is 9.06. The van der Waals surface area contributed by atoms with Crippen molar-refractivity contribution < 1.29 is 4.79 Å². The number of piperidine rings is 1. The Morgan fingerprint density at radius 2 is 2.21 bits per heavy atom. The molecular formula is C13H23N5O. The second-order valence-corrected chi connectivity index (χ2v) is 5.42. The van der Waals surface area contributed by atoms with Crippen LogP contribution in [0.2, 0.25) is 0 Å². The highest BCUT2D eigenvalue weighted by Crippen LogP contribution is 2.13. The number of likely N-dealkylation sites (tertiary alicyclic amines) is 1. The van der Waals surface area contributed by atoms with E-state index < -0.39 is 0 Å². The number of anilines is 1. The van der Waals surface area contributed by atoms with Gasteiger partial charge in [-0.25, -0.2) is 4.68 Å². The minimum absolute atomic E-state index is 0.0119. The minimum atomic E-state index is 0.0119. The van der Waals surface area contributed by atoms with E-state index in [1.54, 1.807) is 6.20 Å². The maximum Gasteiger partial charge on any atom is 0.239 e. The van der Waals surface area contributed by atoms with Crippen molar-refractivity contribution in [3.05, 3.63) is 12.3 Å². The van der Waals surface area contributed by atoms with Crippen LogP contribution in [0.15, 0.2) is 12.3 Å². The lowest BCUT2D eigenvalue weighted by atomic mass is 10.1. The maximum absolute atomic E-state index is 12.0. The Labute approximate surface area is 113 Å². The molecule has 2 heterocycles. The number of amides is 1. The van der Waals surface area contributed by atoms with Crippen LogP contribution in [0.1, 0.15) is 32.7 Å². The Morgan fingerprint density at radius 1 is 1.53 bits per heavy atom. The van der Waals surface area contributed by atoms with E-state index in [-0.39, 0.29) is 11.9 Å². The van der Waals surface area contributed by atoms with Crippen molar-refractivity contribution in [3.8, 4) is 0 Å². The summed E-state index contributed by atoms with van der Waals surface area (Å²) in [5, 5.41) is 7.12. The van der Waals surface area contributed by atoms with E-state index in [0.29, 0.717) is 12.6 Å². The number of nitrogens with zero attached hydrogens (tertiary/aromatic N) is 3. The first-order valence-electron chi connectivity index (χ1n) is 6.87. The van der Waals surface area contributed by atoms with Gasteiger partial charge < -0.3 is 11.1 Å². The Morgan fingerprint density at radius 3 is 2.84 bits per heavy atom. The summed E-state index contributed by atoms with van der Waals surface area (Å²) in [5.41, 5.74) is 5.85. The van der Waals surface area contributed by atoms with E-state index in [0.717, 1.165) is 31.7 Å². The second kappa shape index (κ2) is 6.16. The van der Waals surface area contributed by atoms with Crippen LogP contribution < -0.4 is 11.1 Å². The molecule has 3 N–H and O–H groups in total. The van der Waals surface area contributed by atoms with Crippen molar-refractivity contribution in [2.75, 3.05) is 25.0 Å². The standard InChI is InChI=1S/C13H23N5O/c1-10(2)18-12(3-6-15-18)16-13(19)9-17-7-4-11(14)5-8-17/h3,6,10-11H,4-5,7-9,14H2,1-2H3,(H,16,19). The molecule has 0 spiro atoms. The van der Waals surface area contributed by atoms with Crippen molar-refractivity contribution in [1.82, 2.24) is 14.7 Å². The molecule has 0 unspecified atom stereocenters. The summed E-state index contributed by atoms with van der Waals surface area (Å²) in [6.45, 7) is 6.30. The van der Waals surface area contributed by atoms with Crippen molar-refractivity contribution in [3.63, 3.8) is 0 Å². The van der Waals surface area contributed by atoms with Gasteiger partial charge in [0.25, 0.3) is 0 Å². The van der Waals surface area contributed by atoms with E-state index in [4.69, 9.17) is 5.73 Å². The van der Waals surface area contributed by atoms with E-state index in [2.05, 4.69) is 15.3 Å². The molecule has 1 saturated heterocycles. The van der Waals surface area contributed by atoms with Crippen LogP contribution >= 0.6 is 0 Å². The van der Waals surface area contributed by atoms with Gasteiger partial charge in [0.15, 0.2) is 0 Å². The lowest BCUT2D eigenvalue weighted by Gasteiger charge is -2.29. The highest BCUT2D eigenvalue weighted by Gasteiger charge is 2.18. The van der Waals surface area contributed by atoms with Crippen molar-refractivity contribution in [2.24, 2.45) is 5.73 Å². The van der Waals surface area contributed by atoms with Gasteiger partial charge in [0.05, 0.1) is 12.7 Å². The van der Waals surface area contributed by atoms with Crippen molar-refractivity contribution >= 4 is 11.7 Å². The Bertz CT molecular complexity index is 420. The van der Waals surface area contributed by atoms with Crippen molar-refractivity contribution in [1.29, 1.82) is 0 Å². The summed E-state index contributed by atoms with van der Waals surface area (Å²) in [7, 11) is 0. The highest BCUT2D eigenvalue weighted by molar-refractivity contribution is 5.91. The molecule has 0 bridgehead atoms. The number of nitrogens with one attached hydrogen (secondary N) is 1. The molecule has 1 aromatic heterocycles. The molecule has 0 aliphatic carbocycles. The molecule has 19 heavy (non-hydrogen) atoms. The van der Waals surface area contributed by atoms with Gasteiger partial charge in [0, 0.05) is 31.2 Å². The Balaban J connectivity index is 1.85. The van der Waals surface area contributed by atoms with Gasteiger partial charge in [-0.05, 0) is 26.7 Å². The fourth-order valence-electron chi connectivity index (χ4n) is 2.32. The van der Waals surface area contributed by atoms with Crippen molar-refractivity contribution in [2.45, 2.75) is 38.8 Å². The lowest BCUT2D eigenvalue weighted by Crippen LogP contribution is -2.43. The highest BCUT2D eigenvalue weighted by atomic mass is 16.2. The monoisotopic (exact) mass is 265 g/mol. The first kappa shape index (κ1) is 14.0. The third kappa shape index (κ3) is 3.78. The molecule has 6 nitrogen and oxygen atoms in total. The molecule has 1 fully saturated rings. The smallest absolute Gasteiger partial charge is 0.239 e. The normalized spacial score (nSPS) is 17.9. The molecule has 0 aromatic carbocycles. The van der Waals surface area contributed by atoms with Gasteiger partial charge in [0.1, 0.15) is 5.82 Å². The molecular weight excluding hydrogens is 242 g/mol. The second-order valence-electron chi connectivity index (χ2n) is 5.42. The van der Waals surface area contributed by atoms with E-state index >= 15 is 0 Å². The van der Waals surface area contributed by atoms with Gasteiger partial charge in [-0.2, -0.15) is 5.10 Å². The van der Waals surface area contributed by atoms with Gasteiger partial charge in [-0.3, -0.25) is 9.69 Å². The van der Waals surface area contributed by atoms with Gasteiger partial charge in [0.2, 0.25) is 5.91 Å². The molecule has 1 aliphatic heterocycles. The zero-order valence-electron chi connectivity index (χ0n) is 11.7. The molecule has 1 amide bonds. The molecule has 1 aromatic rings. The van der Waals surface area contributed by atoms with E-state index in [9.17, 15) is 4.79 Å². The zero-order chi connectivity index (χ0) is 13.8. The summed E-state index contributed by atoms with van der Waals surface area (Å²) in [4.78, 5) is 14.2. The predicted molar refractivity (Wildman–Crippen MR) is 74.9 cm³/mol. The number of aromatic nitrogens is 2. The molecule has 0 atom stereocenters.